The van der Waals surface area contributed by atoms with Crippen LogP contribution in [0.4, 0.5) is 5.69 Å². The van der Waals surface area contributed by atoms with E-state index in [1.807, 2.05) is 11.4 Å². The Morgan fingerprint density at radius 3 is 2.59 bits per heavy atom. The van der Waals surface area contributed by atoms with Crippen molar-refractivity contribution >= 4 is 22.8 Å². The van der Waals surface area contributed by atoms with Gasteiger partial charge in [-0.15, -0.1) is 11.3 Å². The molecule has 17 heavy (non-hydrogen) atoms. The second-order valence-corrected chi connectivity index (χ2v) is 4.62. The number of Topliss-reactive ketones (excluding diaryl/α,β-unsaturated/α-hetero) is 1. The van der Waals surface area contributed by atoms with Crippen molar-refractivity contribution in [3.05, 3.63) is 46.7 Å². The number of nitrogens with two attached hydrogens (primary N) is 1. The van der Waals surface area contributed by atoms with Crippen LogP contribution in [0.2, 0.25) is 0 Å². The molecule has 3 nitrogen and oxygen atoms in total. The Hall–Kier alpha value is -1.81. The fraction of sp³-hybridized carbons (Fsp3) is 0.154. The summed E-state index contributed by atoms with van der Waals surface area (Å²) in [5.74, 6) is 0.647. The van der Waals surface area contributed by atoms with Crippen molar-refractivity contribution < 1.29 is 9.53 Å². The van der Waals surface area contributed by atoms with Crippen LogP contribution in [0.5, 0.6) is 5.75 Å². The Labute approximate surface area is 104 Å². The molecule has 2 N–H and O–H groups in total. The summed E-state index contributed by atoms with van der Waals surface area (Å²) in [6, 6.07) is 10.7. The highest BCUT2D eigenvalue weighted by Crippen LogP contribution is 2.18. The molecule has 1 heterocycles. The zero-order valence-corrected chi connectivity index (χ0v) is 10.2. The summed E-state index contributed by atoms with van der Waals surface area (Å²) in [6.45, 7) is 1.75. The van der Waals surface area contributed by atoms with E-state index in [9.17, 15) is 4.79 Å². The van der Waals surface area contributed by atoms with E-state index in [0.717, 1.165) is 0 Å². The molecule has 1 unspecified atom stereocenters. The number of thiophene rings is 1. The molecule has 0 aliphatic heterocycles. The topological polar surface area (TPSA) is 52.3 Å². The van der Waals surface area contributed by atoms with Gasteiger partial charge in [0.1, 0.15) is 5.75 Å². The summed E-state index contributed by atoms with van der Waals surface area (Å²) < 4.78 is 5.56. The first-order valence-electron chi connectivity index (χ1n) is 5.27. The highest BCUT2D eigenvalue weighted by molar-refractivity contribution is 7.12. The lowest BCUT2D eigenvalue weighted by Gasteiger charge is -2.12. The third kappa shape index (κ3) is 2.85. The minimum Gasteiger partial charge on any atom is -0.483 e. The molecule has 0 aliphatic carbocycles. The number of ether oxygens (including phenoxy) is 1. The molecule has 4 heteroatoms. The molecular formula is C13H13NO2S. The fourth-order valence-corrected chi connectivity index (χ4v) is 2.17. The normalized spacial score (nSPS) is 12.1. The molecule has 0 fully saturated rings. The summed E-state index contributed by atoms with van der Waals surface area (Å²) >= 11 is 1.42. The van der Waals surface area contributed by atoms with Gasteiger partial charge < -0.3 is 10.5 Å². The third-order valence-electron chi connectivity index (χ3n) is 2.33. The van der Waals surface area contributed by atoms with E-state index < -0.39 is 6.10 Å². The first kappa shape index (κ1) is 11.7. The number of hydrogen-bond donors (Lipinski definition) is 1. The van der Waals surface area contributed by atoms with Crippen molar-refractivity contribution in [2.24, 2.45) is 0 Å². The molecule has 88 valence electrons. The van der Waals surface area contributed by atoms with Gasteiger partial charge in [-0.05, 0) is 42.6 Å². The molecule has 2 aromatic rings. The Kier molecular flexibility index (Phi) is 3.44. The molecule has 2 rings (SSSR count). The van der Waals surface area contributed by atoms with Gasteiger partial charge in [-0.1, -0.05) is 6.07 Å². The van der Waals surface area contributed by atoms with Gasteiger partial charge in [0.15, 0.2) is 6.10 Å². The maximum Gasteiger partial charge on any atom is 0.212 e. The average Bonchev–Trinajstić information content (AvgIpc) is 2.84. The van der Waals surface area contributed by atoms with Crippen LogP contribution < -0.4 is 10.5 Å². The molecule has 1 atom stereocenters. The lowest BCUT2D eigenvalue weighted by atomic mass is 10.2. The van der Waals surface area contributed by atoms with Crippen molar-refractivity contribution in [3.63, 3.8) is 0 Å². The first-order valence-corrected chi connectivity index (χ1v) is 6.14. The molecule has 0 saturated heterocycles. The van der Waals surface area contributed by atoms with Gasteiger partial charge in [0, 0.05) is 5.69 Å². The van der Waals surface area contributed by atoms with E-state index in [-0.39, 0.29) is 5.78 Å². The highest BCUT2D eigenvalue weighted by Gasteiger charge is 2.17. The van der Waals surface area contributed by atoms with Crippen molar-refractivity contribution in [1.82, 2.24) is 0 Å². The van der Waals surface area contributed by atoms with Crippen LogP contribution in [0.25, 0.3) is 0 Å². The quantitative estimate of drug-likeness (QED) is 0.667. The van der Waals surface area contributed by atoms with E-state index in [2.05, 4.69) is 0 Å². The van der Waals surface area contributed by atoms with Gasteiger partial charge in [0.05, 0.1) is 4.88 Å². The monoisotopic (exact) mass is 247 g/mol. The standard InChI is InChI=1S/C13H13NO2S/c1-9(13(15)12-3-2-8-17-12)16-11-6-4-10(14)5-7-11/h2-9H,14H2,1H3. The van der Waals surface area contributed by atoms with E-state index in [1.54, 1.807) is 37.3 Å². The number of anilines is 1. The molecule has 0 amide bonds. The number of carbonyl (C=O) groups is 1. The maximum atomic E-state index is 11.9. The molecule has 0 radical (unpaired) electrons. The van der Waals surface area contributed by atoms with Gasteiger partial charge in [-0.3, -0.25) is 4.79 Å². The SMILES string of the molecule is CC(Oc1ccc(N)cc1)C(=O)c1cccs1. The third-order valence-corrected chi connectivity index (χ3v) is 3.21. The molecule has 1 aromatic carbocycles. The van der Waals surface area contributed by atoms with Crippen LogP contribution in [0.15, 0.2) is 41.8 Å². The zero-order chi connectivity index (χ0) is 12.3. The second kappa shape index (κ2) is 5.01. The van der Waals surface area contributed by atoms with E-state index in [0.29, 0.717) is 16.3 Å². The predicted octanol–water partition coefficient (Wildman–Crippen LogP) is 2.98. The molecule has 0 aliphatic rings. The Morgan fingerprint density at radius 2 is 2.00 bits per heavy atom. The van der Waals surface area contributed by atoms with Gasteiger partial charge in [0.2, 0.25) is 5.78 Å². The van der Waals surface area contributed by atoms with E-state index in [4.69, 9.17) is 10.5 Å². The summed E-state index contributed by atoms with van der Waals surface area (Å²) in [6.07, 6.45) is -0.489. The van der Waals surface area contributed by atoms with Gasteiger partial charge >= 0.3 is 0 Å². The van der Waals surface area contributed by atoms with Crippen molar-refractivity contribution in [2.45, 2.75) is 13.0 Å². The number of rotatable bonds is 4. The maximum absolute atomic E-state index is 11.9. The number of benzene rings is 1. The molecule has 0 spiro atoms. The smallest absolute Gasteiger partial charge is 0.212 e. The Morgan fingerprint density at radius 1 is 1.29 bits per heavy atom. The van der Waals surface area contributed by atoms with Gasteiger partial charge in [-0.2, -0.15) is 0 Å². The molecule has 0 bridgehead atoms. The molecule has 0 saturated carbocycles. The molecule has 1 aromatic heterocycles. The zero-order valence-electron chi connectivity index (χ0n) is 9.42. The minimum absolute atomic E-state index is 0.00294. The minimum atomic E-state index is -0.489. The Bertz CT molecular complexity index is 491. The highest BCUT2D eigenvalue weighted by atomic mass is 32.1. The van der Waals surface area contributed by atoms with Crippen LogP contribution in [-0.2, 0) is 0 Å². The van der Waals surface area contributed by atoms with Crippen molar-refractivity contribution in [1.29, 1.82) is 0 Å². The van der Waals surface area contributed by atoms with Crippen LogP contribution in [0.3, 0.4) is 0 Å². The lowest BCUT2D eigenvalue weighted by Crippen LogP contribution is -2.23. The number of ketones is 1. The van der Waals surface area contributed by atoms with Gasteiger partial charge in [0.25, 0.3) is 0 Å². The van der Waals surface area contributed by atoms with Crippen LogP contribution in [0.1, 0.15) is 16.6 Å². The van der Waals surface area contributed by atoms with Gasteiger partial charge in [-0.25, -0.2) is 0 Å². The van der Waals surface area contributed by atoms with Crippen molar-refractivity contribution in [2.75, 3.05) is 5.73 Å². The largest absolute Gasteiger partial charge is 0.483 e. The van der Waals surface area contributed by atoms with Crippen LogP contribution in [-0.4, -0.2) is 11.9 Å². The predicted molar refractivity (Wildman–Crippen MR) is 69.6 cm³/mol. The number of nitrogen functional groups attached to an aromatic ring is 1. The summed E-state index contributed by atoms with van der Waals surface area (Å²) in [5.41, 5.74) is 6.25. The van der Waals surface area contributed by atoms with Crippen LogP contribution in [0, 0.1) is 0 Å². The van der Waals surface area contributed by atoms with Crippen molar-refractivity contribution in [3.8, 4) is 5.75 Å². The number of hydrogen-bond acceptors (Lipinski definition) is 4. The summed E-state index contributed by atoms with van der Waals surface area (Å²) in [7, 11) is 0. The Balaban J connectivity index is 2.04. The van der Waals surface area contributed by atoms with E-state index in [1.165, 1.54) is 11.3 Å². The fourth-order valence-electron chi connectivity index (χ4n) is 1.42. The first-order chi connectivity index (χ1) is 8.16. The molecular weight excluding hydrogens is 234 g/mol. The second-order valence-electron chi connectivity index (χ2n) is 3.67. The average molecular weight is 247 g/mol. The van der Waals surface area contributed by atoms with Crippen LogP contribution >= 0.6 is 11.3 Å². The summed E-state index contributed by atoms with van der Waals surface area (Å²) in [5, 5.41) is 1.88. The number of carbonyl (C=O) groups excluding carboxylic acids is 1. The van der Waals surface area contributed by atoms with E-state index >= 15 is 0 Å². The lowest BCUT2D eigenvalue weighted by molar-refractivity contribution is 0.0822. The summed E-state index contributed by atoms with van der Waals surface area (Å²) in [4.78, 5) is 12.7.